The molecule has 0 aliphatic rings. The molecular weight excluding hydrogens is 268 g/mol. The molecule has 0 aliphatic heterocycles. The normalized spacial score (nSPS) is 11.2. The minimum atomic E-state index is -0.634. The summed E-state index contributed by atoms with van der Waals surface area (Å²) in [6.07, 6.45) is 1.29. The van der Waals surface area contributed by atoms with E-state index in [0.717, 1.165) is 0 Å². The number of nitrogens with two attached hydrogens (primary N) is 1. The first-order chi connectivity index (χ1) is 10.1. The Hall–Kier alpha value is -3.08. The van der Waals surface area contributed by atoms with Crippen LogP contribution in [-0.4, -0.2) is 11.3 Å². The minimum absolute atomic E-state index is 0.0190. The zero-order valence-corrected chi connectivity index (χ0v) is 11.0. The zero-order valence-electron chi connectivity index (χ0n) is 11.0. The third-order valence-electron chi connectivity index (χ3n) is 3.06. The van der Waals surface area contributed by atoms with Crippen molar-refractivity contribution in [3.8, 4) is 5.75 Å². The summed E-state index contributed by atoms with van der Waals surface area (Å²) in [5, 5.41) is 10.6. The highest BCUT2D eigenvalue weighted by atomic mass is 16.4. The predicted molar refractivity (Wildman–Crippen MR) is 82.3 cm³/mol. The van der Waals surface area contributed by atoms with E-state index < -0.39 is 5.63 Å². The van der Waals surface area contributed by atoms with Crippen molar-refractivity contribution in [2.45, 2.75) is 0 Å². The summed E-state index contributed by atoms with van der Waals surface area (Å²) in [6, 6.07) is 13.6. The number of aromatic hydroxyl groups is 1. The predicted octanol–water partition coefficient (Wildman–Crippen LogP) is 2.83. The van der Waals surface area contributed by atoms with Gasteiger partial charge in [-0.05, 0) is 36.4 Å². The average Bonchev–Trinajstić information content (AvgIpc) is 2.49. The van der Waals surface area contributed by atoms with Gasteiger partial charge in [-0.25, -0.2) is 4.79 Å². The van der Waals surface area contributed by atoms with Gasteiger partial charge >= 0.3 is 5.63 Å². The lowest BCUT2D eigenvalue weighted by Gasteiger charge is -2.02. The van der Waals surface area contributed by atoms with Gasteiger partial charge in [-0.2, -0.15) is 0 Å². The van der Waals surface area contributed by atoms with E-state index in [1.54, 1.807) is 48.5 Å². The van der Waals surface area contributed by atoms with E-state index in [0.29, 0.717) is 22.3 Å². The van der Waals surface area contributed by atoms with Crippen LogP contribution in [0.3, 0.4) is 0 Å². The molecule has 104 valence electrons. The molecule has 0 atom stereocenters. The smallest absolute Gasteiger partial charge is 0.348 e. The molecule has 0 fully saturated rings. The summed E-state index contributed by atoms with van der Waals surface area (Å²) in [7, 11) is 0. The number of para-hydroxylation sites is 1. The molecule has 5 heteroatoms. The average molecular weight is 280 g/mol. The van der Waals surface area contributed by atoms with Crippen LogP contribution < -0.4 is 11.4 Å². The highest BCUT2D eigenvalue weighted by Gasteiger charge is 2.11. The van der Waals surface area contributed by atoms with Gasteiger partial charge in [0.15, 0.2) is 0 Å². The van der Waals surface area contributed by atoms with Crippen LogP contribution in [0.4, 0.5) is 11.4 Å². The molecule has 21 heavy (non-hydrogen) atoms. The van der Waals surface area contributed by atoms with Crippen molar-refractivity contribution < 1.29 is 9.52 Å². The van der Waals surface area contributed by atoms with Gasteiger partial charge in [-0.15, -0.1) is 0 Å². The fraction of sp³-hybridized carbons (Fsp3) is 0. The fourth-order valence-electron chi connectivity index (χ4n) is 1.96. The number of nitrogens with zero attached hydrogens (tertiary/aromatic N) is 1. The van der Waals surface area contributed by atoms with Crippen LogP contribution >= 0.6 is 0 Å². The highest BCUT2D eigenvalue weighted by molar-refractivity contribution is 5.94. The number of nitrogen functional groups attached to an aromatic ring is 1. The van der Waals surface area contributed by atoms with Crippen molar-refractivity contribution in [3.63, 3.8) is 0 Å². The molecule has 0 bridgehead atoms. The molecule has 0 unspecified atom stereocenters. The molecule has 3 rings (SSSR count). The summed E-state index contributed by atoms with van der Waals surface area (Å²) < 4.78 is 5.15. The molecule has 2 aromatic carbocycles. The third kappa shape index (κ3) is 2.49. The van der Waals surface area contributed by atoms with Gasteiger partial charge < -0.3 is 15.3 Å². The first-order valence-corrected chi connectivity index (χ1v) is 6.29. The second-order valence-electron chi connectivity index (χ2n) is 4.50. The number of benzene rings is 2. The molecular formula is C16H12N2O3. The number of hydrogen-bond donors (Lipinski definition) is 2. The lowest BCUT2D eigenvalue weighted by atomic mass is 10.1. The third-order valence-corrected chi connectivity index (χ3v) is 3.06. The Bertz CT molecular complexity index is 880. The van der Waals surface area contributed by atoms with Gasteiger partial charge in [0.1, 0.15) is 16.9 Å². The largest absolute Gasteiger partial charge is 0.506 e. The van der Waals surface area contributed by atoms with Gasteiger partial charge in [0.2, 0.25) is 0 Å². The van der Waals surface area contributed by atoms with E-state index >= 15 is 0 Å². The van der Waals surface area contributed by atoms with Crippen molar-refractivity contribution in [3.05, 3.63) is 64.5 Å². The van der Waals surface area contributed by atoms with E-state index in [2.05, 4.69) is 4.99 Å². The summed E-state index contributed by atoms with van der Waals surface area (Å²) >= 11 is 0. The minimum Gasteiger partial charge on any atom is -0.506 e. The number of rotatable bonds is 2. The standard InChI is InChI=1S/C16H12N2O3/c17-10-5-7-11(8-6-10)18-9-13-15(19)12-3-1-2-4-14(12)21-16(13)20/h1-9,19H,17H2. The lowest BCUT2D eigenvalue weighted by Crippen LogP contribution is -2.06. The maximum absolute atomic E-state index is 11.9. The quantitative estimate of drug-likeness (QED) is 0.429. The van der Waals surface area contributed by atoms with Crippen LogP contribution in [0.1, 0.15) is 5.56 Å². The molecule has 3 aromatic rings. The Balaban J connectivity index is 2.08. The number of hydrogen-bond acceptors (Lipinski definition) is 5. The van der Waals surface area contributed by atoms with Crippen LogP contribution in [0.2, 0.25) is 0 Å². The Labute approximate surface area is 120 Å². The molecule has 5 nitrogen and oxygen atoms in total. The molecule has 0 saturated heterocycles. The Morgan fingerprint density at radius 1 is 1.10 bits per heavy atom. The van der Waals surface area contributed by atoms with E-state index in [9.17, 15) is 9.90 Å². The molecule has 3 N–H and O–H groups in total. The van der Waals surface area contributed by atoms with Crippen LogP contribution in [0.25, 0.3) is 11.0 Å². The van der Waals surface area contributed by atoms with Crippen molar-refractivity contribution in [2.24, 2.45) is 4.99 Å². The summed E-state index contributed by atoms with van der Waals surface area (Å²) in [5.74, 6) is -0.138. The summed E-state index contributed by atoms with van der Waals surface area (Å²) in [4.78, 5) is 16.0. The first kappa shape index (κ1) is 12.9. The van der Waals surface area contributed by atoms with E-state index in [4.69, 9.17) is 10.2 Å². The molecule has 1 heterocycles. The van der Waals surface area contributed by atoms with Crippen LogP contribution in [-0.2, 0) is 0 Å². The number of fused-ring (bicyclic) bond motifs is 1. The van der Waals surface area contributed by atoms with Gasteiger partial charge in [-0.1, -0.05) is 12.1 Å². The van der Waals surface area contributed by atoms with Gasteiger partial charge in [-0.3, -0.25) is 4.99 Å². The molecule has 0 radical (unpaired) electrons. The maximum Gasteiger partial charge on any atom is 0.348 e. The molecule has 0 spiro atoms. The Morgan fingerprint density at radius 2 is 1.81 bits per heavy atom. The van der Waals surface area contributed by atoms with Gasteiger partial charge in [0.05, 0.1) is 11.1 Å². The van der Waals surface area contributed by atoms with Crippen LogP contribution in [0, 0.1) is 0 Å². The highest BCUT2D eigenvalue weighted by Crippen LogP contribution is 2.25. The Kier molecular flexibility index (Phi) is 3.16. The molecule has 1 aromatic heterocycles. The monoisotopic (exact) mass is 280 g/mol. The molecule has 0 amide bonds. The van der Waals surface area contributed by atoms with Crippen LogP contribution in [0.15, 0.2) is 62.7 Å². The van der Waals surface area contributed by atoms with Crippen molar-refractivity contribution >= 4 is 28.6 Å². The fourth-order valence-corrected chi connectivity index (χ4v) is 1.96. The lowest BCUT2D eigenvalue weighted by molar-refractivity contribution is 0.466. The van der Waals surface area contributed by atoms with Crippen molar-refractivity contribution in [1.82, 2.24) is 0 Å². The Morgan fingerprint density at radius 3 is 2.57 bits per heavy atom. The van der Waals surface area contributed by atoms with Crippen LogP contribution in [0.5, 0.6) is 5.75 Å². The SMILES string of the molecule is Nc1ccc(N=Cc2c(O)c3ccccc3oc2=O)cc1. The number of anilines is 1. The van der Waals surface area contributed by atoms with Crippen molar-refractivity contribution in [1.29, 1.82) is 0 Å². The van der Waals surface area contributed by atoms with E-state index in [-0.39, 0.29) is 11.3 Å². The summed E-state index contributed by atoms with van der Waals surface area (Å²) in [6.45, 7) is 0. The van der Waals surface area contributed by atoms with Gasteiger partial charge in [0.25, 0.3) is 0 Å². The molecule has 0 saturated carbocycles. The summed E-state index contributed by atoms with van der Waals surface area (Å²) in [5.41, 5.74) is 6.56. The second-order valence-corrected chi connectivity index (χ2v) is 4.50. The van der Waals surface area contributed by atoms with E-state index in [1.165, 1.54) is 6.21 Å². The zero-order chi connectivity index (χ0) is 14.8. The van der Waals surface area contributed by atoms with E-state index in [1.807, 2.05) is 0 Å². The number of aliphatic imine (C=N–C) groups is 1. The van der Waals surface area contributed by atoms with Crippen molar-refractivity contribution in [2.75, 3.05) is 5.73 Å². The molecule has 0 aliphatic carbocycles. The van der Waals surface area contributed by atoms with Gasteiger partial charge in [0, 0.05) is 11.9 Å². The maximum atomic E-state index is 11.9. The first-order valence-electron chi connectivity index (χ1n) is 6.29. The second kappa shape index (κ2) is 5.13. The topological polar surface area (TPSA) is 88.8 Å².